The quantitative estimate of drug-likeness (QED) is 0.644. The monoisotopic (exact) mass is 287 g/mol. The highest BCUT2D eigenvalue weighted by molar-refractivity contribution is 5.93. The van der Waals surface area contributed by atoms with Gasteiger partial charge >= 0.3 is 6.18 Å². The molecular formula is C12H16F3N5. The predicted molar refractivity (Wildman–Crippen MR) is 70.0 cm³/mol. The molecule has 20 heavy (non-hydrogen) atoms. The molecule has 0 spiro atoms. The maximum Gasteiger partial charge on any atom is 0.401 e. The summed E-state index contributed by atoms with van der Waals surface area (Å²) in [6.07, 6.45) is -4.16. The Morgan fingerprint density at radius 3 is 2.45 bits per heavy atom. The van der Waals surface area contributed by atoms with Gasteiger partial charge in [-0.05, 0) is 12.1 Å². The van der Waals surface area contributed by atoms with E-state index in [1.54, 1.807) is 18.2 Å². The third-order valence-electron chi connectivity index (χ3n) is 3.11. The molecule has 1 aliphatic rings. The molecule has 8 heteroatoms. The van der Waals surface area contributed by atoms with E-state index in [2.05, 4.69) is 4.98 Å². The fourth-order valence-electron chi connectivity index (χ4n) is 2.14. The van der Waals surface area contributed by atoms with Crippen LogP contribution in [0.15, 0.2) is 18.2 Å². The Balaban J connectivity index is 1.97. The second-order valence-corrected chi connectivity index (χ2v) is 4.67. The number of hydrogen-bond donors (Lipinski definition) is 2. The lowest BCUT2D eigenvalue weighted by Gasteiger charge is -2.35. The number of nitrogen functional groups attached to an aromatic ring is 1. The molecule has 1 saturated heterocycles. The molecule has 0 aliphatic carbocycles. The van der Waals surface area contributed by atoms with Gasteiger partial charge in [0.05, 0.1) is 6.54 Å². The molecule has 1 aromatic heterocycles. The summed E-state index contributed by atoms with van der Waals surface area (Å²) in [7, 11) is 0. The van der Waals surface area contributed by atoms with E-state index in [4.69, 9.17) is 11.1 Å². The minimum atomic E-state index is -4.16. The highest BCUT2D eigenvalue weighted by atomic mass is 19.4. The number of halogens is 3. The van der Waals surface area contributed by atoms with E-state index in [1.165, 1.54) is 4.90 Å². The van der Waals surface area contributed by atoms with E-state index in [9.17, 15) is 13.2 Å². The van der Waals surface area contributed by atoms with E-state index in [0.717, 1.165) is 0 Å². The lowest BCUT2D eigenvalue weighted by molar-refractivity contribution is -0.146. The molecule has 0 amide bonds. The van der Waals surface area contributed by atoms with Crippen molar-refractivity contribution >= 4 is 11.7 Å². The number of alkyl halides is 3. The van der Waals surface area contributed by atoms with Gasteiger partial charge in [-0.2, -0.15) is 13.2 Å². The summed E-state index contributed by atoms with van der Waals surface area (Å²) in [5, 5.41) is 7.34. The zero-order chi connectivity index (χ0) is 14.8. The van der Waals surface area contributed by atoms with E-state index in [0.29, 0.717) is 37.7 Å². The molecule has 0 saturated carbocycles. The number of amidine groups is 1. The highest BCUT2D eigenvalue weighted by Gasteiger charge is 2.32. The zero-order valence-corrected chi connectivity index (χ0v) is 10.8. The molecule has 0 radical (unpaired) electrons. The zero-order valence-electron chi connectivity index (χ0n) is 10.8. The SMILES string of the molecule is N=C(N)c1cccc(N2CCN(CC(F)(F)F)CC2)n1. The van der Waals surface area contributed by atoms with Crippen molar-refractivity contribution < 1.29 is 13.2 Å². The standard InChI is InChI=1S/C12H16F3N5/c13-12(14,15)8-19-4-6-20(7-5-19)10-3-1-2-9(18-10)11(16)17/h1-3H,4-8H2,(H3,16,17). The van der Waals surface area contributed by atoms with Crippen molar-refractivity contribution in [1.29, 1.82) is 5.41 Å². The Kier molecular flexibility index (Phi) is 4.12. The van der Waals surface area contributed by atoms with Crippen molar-refractivity contribution in [3.8, 4) is 0 Å². The normalized spacial score (nSPS) is 17.2. The van der Waals surface area contributed by atoms with Crippen LogP contribution < -0.4 is 10.6 Å². The second kappa shape index (κ2) is 5.66. The number of pyridine rings is 1. The number of piperazine rings is 1. The van der Waals surface area contributed by atoms with Crippen molar-refractivity contribution in [1.82, 2.24) is 9.88 Å². The Bertz CT molecular complexity index is 480. The molecule has 1 aromatic rings. The fraction of sp³-hybridized carbons (Fsp3) is 0.500. The minimum absolute atomic E-state index is 0.123. The van der Waals surface area contributed by atoms with Gasteiger partial charge in [0.1, 0.15) is 17.3 Å². The predicted octanol–water partition coefficient (Wildman–Crippen LogP) is 1.05. The molecule has 2 heterocycles. The van der Waals surface area contributed by atoms with Crippen LogP contribution in [0, 0.1) is 5.41 Å². The smallest absolute Gasteiger partial charge is 0.382 e. The summed E-state index contributed by atoms with van der Waals surface area (Å²) < 4.78 is 36.9. The number of anilines is 1. The third kappa shape index (κ3) is 3.83. The molecule has 1 aliphatic heterocycles. The Labute approximate surface area is 114 Å². The van der Waals surface area contributed by atoms with Gasteiger partial charge in [-0.1, -0.05) is 6.07 Å². The van der Waals surface area contributed by atoms with E-state index >= 15 is 0 Å². The number of aromatic nitrogens is 1. The van der Waals surface area contributed by atoms with Crippen molar-refractivity contribution in [3.05, 3.63) is 23.9 Å². The maximum absolute atomic E-state index is 12.3. The van der Waals surface area contributed by atoms with Crippen LogP contribution in [-0.2, 0) is 0 Å². The summed E-state index contributed by atoms with van der Waals surface area (Å²) in [6, 6.07) is 5.14. The molecule has 0 bridgehead atoms. The van der Waals surface area contributed by atoms with E-state index in [-0.39, 0.29) is 5.84 Å². The third-order valence-corrected chi connectivity index (χ3v) is 3.11. The summed E-state index contributed by atoms with van der Waals surface area (Å²) in [5.41, 5.74) is 5.75. The van der Waals surface area contributed by atoms with Crippen LogP contribution in [0.2, 0.25) is 0 Å². The first-order valence-corrected chi connectivity index (χ1v) is 6.21. The number of rotatable bonds is 3. The van der Waals surface area contributed by atoms with Gasteiger partial charge < -0.3 is 10.6 Å². The Morgan fingerprint density at radius 1 is 1.25 bits per heavy atom. The number of hydrogen-bond acceptors (Lipinski definition) is 4. The molecule has 3 N–H and O–H groups in total. The molecule has 0 atom stereocenters. The van der Waals surface area contributed by atoms with Gasteiger partial charge in [-0.15, -0.1) is 0 Å². The molecule has 0 aromatic carbocycles. The minimum Gasteiger partial charge on any atom is -0.382 e. The summed E-state index contributed by atoms with van der Waals surface area (Å²) in [6.45, 7) is 0.758. The van der Waals surface area contributed by atoms with E-state index < -0.39 is 12.7 Å². The van der Waals surface area contributed by atoms with Crippen molar-refractivity contribution in [2.24, 2.45) is 5.73 Å². The van der Waals surface area contributed by atoms with Gasteiger partial charge in [0.25, 0.3) is 0 Å². The van der Waals surface area contributed by atoms with Crippen molar-refractivity contribution in [3.63, 3.8) is 0 Å². The van der Waals surface area contributed by atoms with Crippen LogP contribution in [0.3, 0.4) is 0 Å². The van der Waals surface area contributed by atoms with Crippen LogP contribution in [0.4, 0.5) is 19.0 Å². The molecular weight excluding hydrogens is 271 g/mol. The van der Waals surface area contributed by atoms with Crippen LogP contribution >= 0.6 is 0 Å². The number of nitrogens with zero attached hydrogens (tertiary/aromatic N) is 3. The first-order valence-electron chi connectivity index (χ1n) is 6.21. The topological polar surface area (TPSA) is 69.2 Å². The second-order valence-electron chi connectivity index (χ2n) is 4.67. The van der Waals surface area contributed by atoms with Crippen LogP contribution in [0.5, 0.6) is 0 Å². The lowest BCUT2D eigenvalue weighted by atomic mass is 10.2. The maximum atomic E-state index is 12.3. The Hall–Kier alpha value is -1.83. The highest BCUT2D eigenvalue weighted by Crippen LogP contribution is 2.19. The molecule has 110 valence electrons. The fourth-order valence-corrected chi connectivity index (χ4v) is 2.14. The molecule has 1 fully saturated rings. The van der Waals surface area contributed by atoms with E-state index in [1.807, 2.05) is 4.90 Å². The van der Waals surface area contributed by atoms with Crippen molar-refractivity contribution in [2.75, 3.05) is 37.6 Å². The van der Waals surface area contributed by atoms with Gasteiger partial charge in [0.2, 0.25) is 0 Å². The number of nitrogens with one attached hydrogen (secondary N) is 1. The largest absolute Gasteiger partial charge is 0.401 e. The average Bonchev–Trinajstić information content (AvgIpc) is 2.38. The van der Waals surface area contributed by atoms with Gasteiger partial charge in [-0.3, -0.25) is 10.3 Å². The Morgan fingerprint density at radius 2 is 1.90 bits per heavy atom. The first-order chi connectivity index (χ1) is 9.35. The van der Waals surface area contributed by atoms with Crippen LogP contribution in [0.1, 0.15) is 5.69 Å². The summed E-state index contributed by atoms with van der Waals surface area (Å²) in [4.78, 5) is 7.51. The van der Waals surface area contributed by atoms with Gasteiger partial charge in [-0.25, -0.2) is 4.98 Å². The molecule has 2 rings (SSSR count). The first kappa shape index (κ1) is 14.6. The molecule has 0 unspecified atom stereocenters. The van der Waals surface area contributed by atoms with Gasteiger partial charge in [0.15, 0.2) is 0 Å². The average molecular weight is 287 g/mol. The molecule has 5 nitrogen and oxygen atoms in total. The van der Waals surface area contributed by atoms with Crippen molar-refractivity contribution in [2.45, 2.75) is 6.18 Å². The number of nitrogens with two attached hydrogens (primary N) is 1. The van der Waals surface area contributed by atoms with Gasteiger partial charge in [0, 0.05) is 26.2 Å². The van der Waals surface area contributed by atoms with Crippen LogP contribution in [-0.4, -0.2) is 54.6 Å². The lowest BCUT2D eigenvalue weighted by Crippen LogP contribution is -2.49. The van der Waals surface area contributed by atoms with Crippen LogP contribution in [0.25, 0.3) is 0 Å². The summed E-state index contributed by atoms with van der Waals surface area (Å²) >= 11 is 0. The summed E-state index contributed by atoms with van der Waals surface area (Å²) in [5.74, 6) is 0.520.